The van der Waals surface area contributed by atoms with Gasteiger partial charge in [0.05, 0.1) is 9.75 Å². The third kappa shape index (κ3) is 3.99. The lowest BCUT2D eigenvalue weighted by Gasteiger charge is -2.27. The third-order valence-electron chi connectivity index (χ3n) is 5.06. The van der Waals surface area contributed by atoms with Crippen LogP contribution in [0.4, 0.5) is 0 Å². The summed E-state index contributed by atoms with van der Waals surface area (Å²) in [4.78, 5) is 24.1. The monoisotopic (exact) mass is 468 g/mol. The molecule has 0 saturated carbocycles. The van der Waals surface area contributed by atoms with Crippen molar-refractivity contribution in [1.29, 1.82) is 0 Å². The fraction of sp³-hybridized carbons (Fsp3) is 0.182. The number of fused-ring (bicyclic) bond motifs is 1. The number of aromatic amines is 1. The highest BCUT2D eigenvalue weighted by Crippen LogP contribution is 2.39. The molecule has 4 rings (SSSR count). The molecule has 1 amide bonds. The van der Waals surface area contributed by atoms with Crippen LogP contribution in [-0.4, -0.2) is 40.4 Å². The van der Waals surface area contributed by atoms with Crippen molar-refractivity contribution in [2.45, 2.75) is 12.5 Å². The number of nitrogens with two attached hydrogens (primary N) is 1. The zero-order chi connectivity index (χ0) is 20.4. The van der Waals surface area contributed by atoms with Gasteiger partial charge in [0.2, 0.25) is 0 Å². The average Bonchev–Trinajstić information content (AvgIpc) is 3.38. The molecular formula is C22H21BrN4OS. The Morgan fingerprint density at radius 1 is 1.28 bits per heavy atom. The molecule has 4 aromatic rings. The number of H-pyrrole nitrogens is 1. The van der Waals surface area contributed by atoms with Crippen LogP contribution in [0.3, 0.4) is 0 Å². The minimum absolute atomic E-state index is 0.0206. The summed E-state index contributed by atoms with van der Waals surface area (Å²) in [5.41, 5.74) is 9.06. The molecule has 0 radical (unpaired) electrons. The van der Waals surface area contributed by atoms with Gasteiger partial charge < -0.3 is 15.6 Å². The van der Waals surface area contributed by atoms with E-state index in [1.807, 2.05) is 49.6 Å². The molecule has 1 aromatic carbocycles. The van der Waals surface area contributed by atoms with Gasteiger partial charge in [0.15, 0.2) is 0 Å². The van der Waals surface area contributed by atoms with Crippen molar-refractivity contribution in [3.05, 3.63) is 75.8 Å². The number of hydrogen-bond donors (Lipinski definition) is 2. The van der Waals surface area contributed by atoms with Crippen LogP contribution >= 0.6 is 27.3 Å². The number of aromatic nitrogens is 2. The van der Waals surface area contributed by atoms with Crippen molar-refractivity contribution >= 4 is 44.2 Å². The molecule has 1 unspecified atom stereocenters. The summed E-state index contributed by atoms with van der Waals surface area (Å²) < 4.78 is 0.903. The number of halogens is 1. The van der Waals surface area contributed by atoms with Gasteiger partial charge in [0.25, 0.3) is 5.91 Å². The Bertz CT molecular complexity index is 1140. The van der Waals surface area contributed by atoms with Crippen molar-refractivity contribution in [3.63, 3.8) is 0 Å². The Morgan fingerprint density at radius 2 is 2.07 bits per heavy atom. The summed E-state index contributed by atoms with van der Waals surface area (Å²) in [6, 6.07) is 15.9. The first-order chi connectivity index (χ1) is 14.1. The molecular weight excluding hydrogens is 448 g/mol. The van der Waals surface area contributed by atoms with E-state index < -0.39 is 0 Å². The SMILES string of the molecule is CN(C(=O)c1cc(Br)c(-c2ccnc3[nH]ccc23)s1)C(CN)Cc1ccccc1. The number of benzene rings is 1. The molecule has 3 aromatic heterocycles. The molecule has 29 heavy (non-hydrogen) atoms. The van der Waals surface area contributed by atoms with Crippen LogP contribution in [0.15, 0.2) is 65.4 Å². The highest BCUT2D eigenvalue weighted by atomic mass is 79.9. The number of pyridine rings is 1. The number of thiophene rings is 1. The first-order valence-electron chi connectivity index (χ1n) is 9.31. The van der Waals surface area contributed by atoms with Crippen molar-refractivity contribution in [2.24, 2.45) is 5.73 Å². The highest BCUT2D eigenvalue weighted by molar-refractivity contribution is 9.10. The van der Waals surface area contributed by atoms with E-state index >= 15 is 0 Å². The van der Waals surface area contributed by atoms with Crippen LogP contribution in [0.1, 0.15) is 15.2 Å². The van der Waals surface area contributed by atoms with Gasteiger partial charge in [-0.2, -0.15) is 0 Å². The second kappa shape index (κ2) is 8.49. The van der Waals surface area contributed by atoms with Gasteiger partial charge in [0, 0.05) is 47.5 Å². The van der Waals surface area contributed by atoms with E-state index in [0.717, 1.165) is 32.4 Å². The van der Waals surface area contributed by atoms with E-state index in [9.17, 15) is 4.79 Å². The Kier molecular flexibility index (Phi) is 5.80. The van der Waals surface area contributed by atoms with Gasteiger partial charge in [-0.25, -0.2) is 4.98 Å². The van der Waals surface area contributed by atoms with E-state index in [2.05, 4.69) is 38.0 Å². The number of likely N-dealkylation sites (N-methyl/N-ethyl adjacent to an activating group) is 1. The summed E-state index contributed by atoms with van der Waals surface area (Å²) in [5, 5.41) is 1.03. The van der Waals surface area contributed by atoms with E-state index in [0.29, 0.717) is 11.4 Å². The summed E-state index contributed by atoms with van der Waals surface area (Å²) in [6.07, 6.45) is 4.38. The van der Waals surface area contributed by atoms with Crippen molar-refractivity contribution in [3.8, 4) is 10.4 Å². The molecule has 3 N–H and O–H groups in total. The van der Waals surface area contributed by atoms with Crippen LogP contribution in [0.5, 0.6) is 0 Å². The molecule has 0 spiro atoms. The first-order valence-corrected chi connectivity index (χ1v) is 10.9. The number of rotatable bonds is 6. The predicted molar refractivity (Wildman–Crippen MR) is 122 cm³/mol. The molecule has 1 atom stereocenters. The molecule has 0 aliphatic heterocycles. The molecule has 3 heterocycles. The number of carbonyl (C=O) groups excluding carboxylic acids is 1. The second-order valence-electron chi connectivity index (χ2n) is 6.88. The molecule has 5 nitrogen and oxygen atoms in total. The minimum Gasteiger partial charge on any atom is -0.346 e. The Morgan fingerprint density at radius 3 is 2.83 bits per heavy atom. The molecule has 0 saturated heterocycles. The van der Waals surface area contributed by atoms with E-state index in [4.69, 9.17) is 5.73 Å². The number of nitrogens with one attached hydrogen (secondary N) is 1. The van der Waals surface area contributed by atoms with Gasteiger partial charge in [-0.3, -0.25) is 4.79 Å². The maximum Gasteiger partial charge on any atom is 0.264 e. The third-order valence-corrected chi connectivity index (χ3v) is 7.10. The predicted octanol–water partition coefficient (Wildman–Crippen LogP) is 4.70. The van der Waals surface area contributed by atoms with Gasteiger partial charge >= 0.3 is 0 Å². The van der Waals surface area contributed by atoms with Crippen molar-refractivity contribution in [1.82, 2.24) is 14.9 Å². The van der Waals surface area contributed by atoms with Crippen molar-refractivity contribution < 1.29 is 4.79 Å². The lowest BCUT2D eigenvalue weighted by molar-refractivity contribution is 0.0741. The fourth-order valence-corrected chi connectivity index (χ4v) is 5.33. The lowest BCUT2D eigenvalue weighted by atomic mass is 10.0. The number of hydrogen-bond acceptors (Lipinski definition) is 4. The van der Waals surface area contributed by atoms with Crippen LogP contribution in [-0.2, 0) is 6.42 Å². The number of amides is 1. The quantitative estimate of drug-likeness (QED) is 0.430. The fourth-order valence-electron chi connectivity index (χ4n) is 3.42. The van der Waals surface area contributed by atoms with E-state index in [1.54, 1.807) is 11.1 Å². The van der Waals surface area contributed by atoms with Crippen LogP contribution in [0, 0.1) is 0 Å². The maximum atomic E-state index is 13.2. The standard InChI is InChI=1S/C22H21BrN4OS/c1-27(15(13-24)11-14-5-3-2-4-6-14)22(28)19-12-18(23)20(29-19)16-7-9-25-21-17(16)8-10-26-21/h2-10,12,15H,11,13,24H2,1H3,(H,25,26). The zero-order valence-corrected chi connectivity index (χ0v) is 18.3. The summed E-state index contributed by atoms with van der Waals surface area (Å²) in [6.45, 7) is 0.408. The minimum atomic E-state index is -0.0634. The van der Waals surface area contributed by atoms with E-state index in [1.165, 1.54) is 16.9 Å². The van der Waals surface area contributed by atoms with Crippen LogP contribution in [0.25, 0.3) is 21.5 Å². The summed E-state index contributed by atoms with van der Waals surface area (Å²) >= 11 is 5.12. The number of carbonyl (C=O) groups is 1. The van der Waals surface area contributed by atoms with Crippen LogP contribution < -0.4 is 5.73 Å². The first kappa shape index (κ1) is 19.8. The maximum absolute atomic E-state index is 13.2. The Labute approximate surface area is 181 Å². The summed E-state index contributed by atoms with van der Waals surface area (Å²) in [7, 11) is 1.83. The van der Waals surface area contributed by atoms with Crippen LogP contribution in [0.2, 0.25) is 0 Å². The molecule has 0 aliphatic rings. The lowest BCUT2D eigenvalue weighted by Crippen LogP contribution is -2.43. The largest absolute Gasteiger partial charge is 0.346 e. The smallest absolute Gasteiger partial charge is 0.264 e. The molecule has 148 valence electrons. The van der Waals surface area contributed by atoms with E-state index in [-0.39, 0.29) is 11.9 Å². The zero-order valence-electron chi connectivity index (χ0n) is 15.9. The normalized spacial score (nSPS) is 12.2. The van der Waals surface area contributed by atoms with Gasteiger partial charge in [-0.1, -0.05) is 30.3 Å². The molecule has 0 aliphatic carbocycles. The highest BCUT2D eigenvalue weighted by Gasteiger charge is 2.24. The van der Waals surface area contributed by atoms with Gasteiger partial charge in [-0.15, -0.1) is 11.3 Å². The average molecular weight is 469 g/mol. The Balaban J connectivity index is 1.61. The second-order valence-corrected chi connectivity index (χ2v) is 8.79. The summed E-state index contributed by atoms with van der Waals surface area (Å²) in [5.74, 6) is -0.0206. The molecule has 0 bridgehead atoms. The molecule has 7 heteroatoms. The molecule has 0 fully saturated rings. The topological polar surface area (TPSA) is 75.0 Å². The Hall–Kier alpha value is -2.48. The van der Waals surface area contributed by atoms with Gasteiger partial charge in [0.1, 0.15) is 5.65 Å². The number of nitrogens with zero attached hydrogens (tertiary/aromatic N) is 2. The van der Waals surface area contributed by atoms with Gasteiger partial charge in [-0.05, 0) is 46.1 Å². The van der Waals surface area contributed by atoms with Crippen molar-refractivity contribution in [2.75, 3.05) is 13.6 Å².